The molecule has 1 fully saturated rings. The lowest BCUT2D eigenvalue weighted by molar-refractivity contribution is 0.0909. The van der Waals surface area contributed by atoms with Crippen molar-refractivity contribution < 1.29 is 9.47 Å². The Balaban J connectivity index is 2.18. The van der Waals surface area contributed by atoms with Gasteiger partial charge in [0.25, 0.3) is 0 Å². The van der Waals surface area contributed by atoms with E-state index in [1.54, 1.807) is 7.11 Å². The van der Waals surface area contributed by atoms with E-state index in [4.69, 9.17) is 9.47 Å². The number of methoxy groups -OCH3 is 1. The second kappa shape index (κ2) is 2.03. The van der Waals surface area contributed by atoms with Crippen LogP contribution in [0.15, 0.2) is 0 Å². The summed E-state index contributed by atoms with van der Waals surface area (Å²) in [6.45, 7) is 4.08. The molecule has 0 amide bonds. The van der Waals surface area contributed by atoms with Crippen LogP contribution in [0.3, 0.4) is 0 Å². The van der Waals surface area contributed by atoms with E-state index in [0.29, 0.717) is 12.2 Å². The van der Waals surface area contributed by atoms with Crippen molar-refractivity contribution in [3.8, 4) is 0 Å². The van der Waals surface area contributed by atoms with E-state index in [2.05, 4.69) is 6.92 Å². The van der Waals surface area contributed by atoms with Crippen LogP contribution in [0, 0.1) is 0 Å². The maximum Gasteiger partial charge on any atom is 0.110 e. The standard InChI is InChI=1S/C6H12O2/c1-4(7-3)6-5(2)8-6/h4-6H,1-3H3. The Labute approximate surface area is 49.8 Å². The van der Waals surface area contributed by atoms with Crippen LogP contribution < -0.4 is 0 Å². The van der Waals surface area contributed by atoms with E-state index in [1.165, 1.54) is 0 Å². The van der Waals surface area contributed by atoms with Crippen molar-refractivity contribution in [2.24, 2.45) is 0 Å². The Kier molecular flexibility index (Phi) is 1.54. The van der Waals surface area contributed by atoms with Gasteiger partial charge in [-0.2, -0.15) is 0 Å². The third-order valence-electron chi connectivity index (χ3n) is 1.59. The van der Waals surface area contributed by atoms with Gasteiger partial charge in [-0.25, -0.2) is 0 Å². The third kappa shape index (κ3) is 1.01. The van der Waals surface area contributed by atoms with Crippen LogP contribution in [0.2, 0.25) is 0 Å². The summed E-state index contributed by atoms with van der Waals surface area (Å²) in [4.78, 5) is 0. The number of epoxide rings is 1. The van der Waals surface area contributed by atoms with Gasteiger partial charge in [-0.3, -0.25) is 0 Å². The molecule has 1 aliphatic heterocycles. The fourth-order valence-electron chi connectivity index (χ4n) is 0.829. The molecule has 0 radical (unpaired) electrons. The number of ether oxygens (including phenoxy) is 2. The highest BCUT2D eigenvalue weighted by Crippen LogP contribution is 2.25. The largest absolute Gasteiger partial charge is 0.379 e. The molecule has 2 heteroatoms. The first kappa shape index (κ1) is 6.05. The monoisotopic (exact) mass is 116 g/mol. The molecule has 2 nitrogen and oxygen atoms in total. The fourth-order valence-corrected chi connectivity index (χ4v) is 0.829. The van der Waals surface area contributed by atoms with Gasteiger partial charge in [0.1, 0.15) is 6.10 Å². The summed E-state index contributed by atoms with van der Waals surface area (Å²) in [7, 11) is 1.71. The molecule has 0 bridgehead atoms. The van der Waals surface area contributed by atoms with Gasteiger partial charge < -0.3 is 9.47 Å². The van der Waals surface area contributed by atoms with Gasteiger partial charge in [0.05, 0.1) is 12.2 Å². The van der Waals surface area contributed by atoms with Crippen molar-refractivity contribution in [1.82, 2.24) is 0 Å². The van der Waals surface area contributed by atoms with Crippen molar-refractivity contribution in [1.29, 1.82) is 0 Å². The van der Waals surface area contributed by atoms with E-state index >= 15 is 0 Å². The van der Waals surface area contributed by atoms with Crippen molar-refractivity contribution in [2.75, 3.05) is 7.11 Å². The maximum absolute atomic E-state index is 5.14. The molecule has 3 atom stereocenters. The van der Waals surface area contributed by atoms with Crippen LogP contribution in [0.4, 0.5) is 0 Å². The van der Waals surface area contributed by atoms with Gasteiger partial charge in [-0.15, -0.1) is 0 Å². The van der Waals surface area contributed by atoms with E-state index in [0.717, 1.165) is 0 Å². The number of hydrogen-bond acceptors (Lipinski definition) is 2. The van der Waals surface area contributed by atoms with Crippen molar-refractivity contribution >= 4 is 0 Å². The molecule has 0 saturated carbocycles. The molecule has 8 heavy (non-hydrogen) atoms. The second-order valence-electron chi connectivity index (χ2n) is 2.25. The summed E-state index contributed by atoms with van der Waals surface area (Å²) in [6, 6.07) is 0. The molecule has 0 aliphatic carbocycles. The summed E-state index contributed by atoms with van der Waals surface area (Å²) in [5, 5.41) is 0. The minimum atomic E-state index is 0.269. The van der Waals surface area contributed by atoms with E-state index in [1.807, 2.05) is 6.92 Å². The highest BCUT2D eigenvalue weighted by molar-refractivity contribution is 4.85. The predicted octanol–water partition coefficient (Wildman–Crippen LogP) is 0.809. The van der Waals surface area contributed by atoms with Gasteiger partial charge in [-0.1, -0.05) is 0 Å². The van der Waals surface area contributed by atoms with Crippen LogP contribution in [0.1, 0.15) is 13.8 Å². The average molecular weight is 116 g/mol. The minimum Gasteiger partial charge on any atom is -0.379 e. The van der Waals surface area contributed by atoms with Crippen molar-refractivity contribution in [2.45, 2.75) is 32.2 Å². The number of hydrogen-bond donors (Lipinski definition) is 0. The smallest absolute Gasteiger partial charge is 0.110 e. The summed E-state index contributed by atoms with van der Waals surface area (Å²) < 4.78 is 10.2. The lowest BCUT2D eigenvalue weighted by atomic mass is 10.2. The van der Waals surface area contributed by atoms with Crippen LogP contribution in [0.5, 0.6) is 0 Å². The third-order valence-corrected chi connectivity index (χ3v) is 1.59. The molecular formula is C6H12O2. The number of rotatable bonds is 2. The first-order valence-corrected chi connectivity index (χ1v) is 2.94. The molecule has 0 spiro atoms. The van der Waals surface area contributed by atoms with Gasteiger partial charge in [0, 0.05) is 7.11 Å². The molecule has 1 rings (SSSR count). The molecule has 0 aromatic carbocycles. The van der Waals surface area contributed by atoms with Gasteiger partial charge in [0.2, 0.25) is 0 Å². The summed E-state index contributed by atoms with van der Waals surface area (Å²) in [6.07, 6.45) is 1.05. The van der Waals surface area contributed by atoms with Crippen molar-refractivity contribution in [3.05, 3.63) is 0 Å². The van der Waals surface area contributed by atoms with Crippen LogP contribution in [-0.2, 0) is 9.47 Å². The first-order valence-electron chi connectivity index (χ1n) is 2.94. The van der Waals surface area contributed by atoms with Gasteiger partial charge in [-0.05, 0) is 13.8 Å². The normalized spacial score (nSPS) is 39.4. The van der Waals surface area contributed by atoms with Crippen LogP contribution >= 0.6 is 0 Å². The van der Waals surface area contributed by atoms with Crippen LogP contribution in [-0.4, -0.2) is 25.4 Å². The molecule has 0 aromatic heterocycles. The topological polar surface area (TPSA) is 21.8 Å². The quantitative estimate of drug-likeness (QED) is 0.498. The zero-order valence-corrected chi connectivity index (χ0v) is 5.55. The zero-order valence-electron chi connectivity index (χ0n) is 5.55. The van der Waals surface area contributed by atoms with Gasteiger partial charge >= 0.3 is 0 Å². The Morgan fingerprint density at radius 2 is 2.12 bits per heavy atom. The summed E-state index contributed by atoms with van der Waals surface area (Å²) in [5.74, 6) is 0. The Bertz CT molecular complexity index is 80.6. The maximum atomic E-state index is 5.14. The lowest BCUT2D eigenvalue weighted by Crippen LogP contribution is -2.13. The summed E-state index contributed by atoms with van der Waals surface area (Å²) >= 11 is 0. The first-order chi connectivity index (χ1) is 3.75. The SMILES string of the molecule is COC(C)C1OC1C. The Morgan fingerprint density at radius 1 is 1.62 bits per heavy atom. The van der Waals surface area contributed by atoms with E-state index in [-0.39, 0.29) is 6.10 Å². The highest BCUT2D eigenvalue weighted by Gasteiger charge is 2.39. The highest BCUT2D eigenvalue weighted by atomic mass is 16.6. The van der Waals surface area contributed by atoms with E-state index < -0.39 is 0 Å². The average Bonchev–Trinajstić information content (AvgIpc) is 2.45. The summed E-state index contributed by atoms with van der Waals surface area (Å²) in [5.41, 5.74) is 0. The predicted molar refractivity (Wildman–Crippen MR) is 30.8 cm³/mol. The molecule has 0 N–H and O–H groups in total. The molecule has 48 valence electrons. The lowest BCUT2D eigenvalue weighted by Gasteiger charge is -2.02. The van der Waals surface area contributed by atoms with Crippen molar-refractivity contribution in [3.63, 3.8) is 0 Å². The van der Waals surface area contributed by atoms with E-state index in [9.17, 15) is 0 Å². The Morgan fingerprint density at radius 3 is 2.25 bits per heavy atom. The molecule has 1 saturated heterocycles. The van der Waals surface area contributed by atoms with Gasteiger partial charge in [0.15, 0.2) is 0 Å². The molecule has 3 unspecified atom stereocenters. The molecule has 0 aromatic rings. The zero-order chi connectivity index (χ0) is 6.15. The second-order valence-corrected chi connectivity index (χ2v) is 2.25. The fraction of sp³-hybridized carbons (Fsp3) is 1.00. The minimum absolute atomic E-state index is 0.269. The molecule has 1 heterocycles. The van der Waals surface area contributed by atoms with Crippen LogP contribution in [0.25, 0.3) is 0 Å². The molecular weight excluding hydrogens is 104 g/mol. The molecule has 1 aliphatic rings. The Hall–Kier alpha value is -0.0800.